The summed E-state index contributed by atoms with van der Waals surface area (Å²) in [4.78, 5) is 0. The zero-order chi connectivity index (χ0) is 28.6. The molecule has 0 N–H and O–H groups in total. The van der Waals surface area contributed by atoms with Crippen LogP contribution in [0.15, 0.2) is 48.6 Å². The first kappa shape index (κ1) is 27.6. The minimum absolute atomic E-state index is 0.314. The molecule has 0 spiro atoms. The molecule has 4 saturated heterocycles. The first-order chi connectivity index (χ1) is 20.3. The number of hydrogen-bond acceptors (Lipinski definition) is 10. The largest absolute Gasteiger partial charge is 0.368 e. The van der Waals surface area contributed by atoms with Crippen LogP contribution in [-0.4, -0.2) is 99.4 Å². The van der Waals surface area contributed by atoms with Crippen LogP contribution in [0.3, 0.4) is 0 Å². The Morgan fingerprint density at radius 3 is 1.36 bits per heavy atom. The predicted octanol–water partition coefficient (Wildman–Crippen LogP) is 3.34. The van der Waals surface area contributed by atoms with Gasteiger partial charge in [0.2, 0.25) is 0 Å². The van der Waals surface area contributed by atoms with Crippen molar-refractivity contribution in [3.63, 3.8) is 0 Å². The van der Waals surface area contributed by atoms with Crippen molar-refractivity contribution < 1.29 is 47.4 Å². The molecule has 42 heavy (non-hydrogen) atoms. The maximum absolute atomic E-state index is 6.43. The monoisotopic (exact) mass is 582 g/mol. The lowest BCUT2D eigenvalue weighted by atomic mass is 9.91. The van der Waals surface area contributed by atoms with Crippen LogP contribution < -0.4 is 0 Å². The molecule has 0 amide bonds. The molecule has 10 nitrogen and oxygen atoms in total. The number of benzene rings is 1. The van der Waals surface area contributed by atoms with Gasteiger partial charge >= 0.3 is 0 Å². The Morgan fingerprint density at radius 1 is 0.500 bits per heavy atom. The zero-order valence-electron chi connectivity index (χ0n) is 24.3. The van der Waals surface area contributed by atoms with E-state index in [1.165, 1.54) is 0 Å². The maximum atomic E-state index is 6.43. The SMILES string of the molecule is CC1(C)OC2OC3C4OCC=C4c4ccc(cc4)C4=CCOC4C4OC5OC(C)(C)OC5C4OC/C=C\COC3C2O1. The van der Waals surface area contributed by atoms with Crippen LogP contribution in [-0.2, 0) is 47.4 Å². The highest BCUT2D eigenvalue weighted by atomic mass is 16.9. The van der Waals surface area contributed by atoms with E-state index >= 15 is 0 Å². The third-order valence-electron chi connectivity index (χ3n) is 8.91. The third-order valence-corrected chi connectivity index (χ3v) is 8.91. The lowest BCUT2D eigenvalue weighted by Crippen LogP contribution is -2.43. The van der Waals surface area contributed by atoms with Crippen molar-refractivity contribution in [1.82, 2.24) is 0 Å². The summed E-state index contributed by atoms with van der Waals surface area (Å²) in [7, 11) is 0. The molecule has 0 aliphatic carbocycles. The van der Waals surface area contributed by atoms with Gasteiger partial charge in [-0.25, -0.2) is 0 Å². The van der Waals surface area contributed by atoms with Crippen molar-refractivity contribution in [3.8, 4) is 0 Å². The molecule has 0 aromatic heterocycles. The Kier molecular flexibility index (Phi) is 6.77. The summed E-state index contributed by atoms with van der Waals surface area (Å²) >= 11 is 0. The number of rotatable bonds is 0. The van der Waals surface area contributed by atoms with Crippen molar-refractivity contribution in [3.05, 3.63) is 59.7 Å². The summed E-state index contributed by atoms with van der Waals surface area (Å²) in [6, 6.07) is 8.50. The maximum Gasteiger partial charge on any atom is 0.190 e. The lowest BCUT2D eigenvalue weighted by Gasteiger charge is -2.31. The van der Waals surface area contributed by atoms with Crippen LogP contribution in [0.25, 0.3) is 11.1 Å². The summed E-state index contributed by atoms with van der Waals surface area (Å²) in [5.74, 6) is -1.50. The summed E-state index contributed by atoms with van der Waals surface area (Å²) in [5, 5.41) is 0. The number of fused-ring (bicyclic) bond motifs is 8. The molecule has 8 aliphatic rings. The highest BCUT2D eigenvalue weighted by Crippen LogP contribution is 2.45. The molecule has 1 aromatic rings. The van der Waals surface area contributed by atoms with Gasteiger partial charge in [-0.3, -0.25) is 0 Å². The van der Waals surface area contributed by atoms with Crippen LogP contribution in [0.1, 0.15) is 38.8 Å². The van der Waals surface area contributed by atoms with E-state index in [9.17, 15) is 0 Å². The fourth-order valence-electron chi connectivity index (χ4n) is 7.20. The van der Waals surface area contributed by atoms with Crippen molar-refractivity contribution in [1.29, 1.82) is 0 Å². The molecule has 10 atom stereocenters. The minimum atomic E-state index is -0.751. The van der Waals surface area contributed by atoms with Crippen LogP contribution >= 0.6 is 0 Å². The first-order valence-corrected chi connectivity index (χ1v) is 14.9. The van der Waals surface area contributed by atoms with Gasteiger partial charge in [-0.05, 0) is 50.0 Å². The summed E-state index contributed by atoms with van der Waals surface area (Å²) in [6.45, 7) is 9.26. The molecule has 1 aromatic carbocycles. The smallest absolute Gasteiger partial charge is 0.190 e. The molecule has 10 heteroatoms. The average Bonchev–Trinajstić information content (AvgIpc) is 3.77. The molecule has 2 bridgehead atoms. The second-order valence-corrected chi connectivity index (χ2v) is 12.6. The highest BCUT2D eigenvalue weighted by Gasteiger charge is 2.59. The summed E-state index contributed by atoms with van der Waals surface area (Å²) in [5.41, 5.74) is 4.27. The molecule has 8 heterocycles. The van der Waals surface area contributed by atoms with Crippen LogP contribution in [0, 0.1) is 0 Å². The molecular weight excluding hydrogens is 544 g/mol. The standard InChI is InChI=1S/C32H38O10/c1-31(2)39-27-23-25(37-29(27)41-31)21-19(11-15-35-21)17-7-9-18(10-8-17)20-12-16-36-22(20)26-24(34-14-6-5-13-33-23)28-30(38-26)42-32(3,4)40-28/h5-12,21-30H,13-16H2,1-4H3/b6-5-. The van der Waals surface area contributed by atoms with E-state index < -0.39 is 24.2 Å². The average molecular weight is 583 g/mol. The second-order valence-electron chi connectivity index (χ2n) is 12.6. The van der Waals surface area contributed by atoms with Crippen molar-refractivity contribution in [2.24, 2.45) is 0 Å². The first-order valence-electron chi connectivity index (χ1n) is 14.9. The Hall–Kier alpha value is -1.96. The van der Waals surface area contributed by atoms with Crippen molar-refractivity contribution >= 4 is 11.1 Å². The normalized spacial score (nSPS) is 44.2. The van der Waals surface area contributed by atoms with Gasteiger partial charge in [0.1, 0.15) is 48.8 Å². The molecule has 4 fully saturated rings. The quantitative estimate of drug-likeness (QED) is 0.424. The molecule has 9 rings (SSSR count). The van der Waals surface area contributed by atoms with Gasteiger partial charge in [0, 0.05) is 0 Å². The molecule has 0 radical (unpaired) electrons. The Bertz CT molecular complexity index is 1190. The Morgan fingerprint density at radius 2 is 0.929 bits per heavy atom. The van der Waals surface area contributed by atoms with Crippen LogP contribution in [0.5, 0.6) is 0 Å². The molecule has 226 valence electrons. The van der Waals surface area contributed by atoms with Gasteiger partial charge in [-0.15, -0.1) is 0 Å². The molecule has 0 saturated carbocycles. The van der Waals surface area contributed by atoms with Crippen molar-refractivity contribution in [2.75, 3.05) is 26.4 Å². The highest BCUT2D eigenvalue weighted by molar-refractivity contribution is 5.76. The summed E-state index contributed by atoms with van der Waals surface area (Å²) < 4.78 is 62.8. The van der Waals surface area contributed by atoms with E-state index in [0.717, 1.165) is 22.3 Å². The van der Waals surface area contributed by atoms with Gasteiger partial charge < -0.3 is 47.4 Å². The predicted molar refractivity (Wildman–Crippen MR) is 148 cm³/mol. The number of hydrogen-bond donors (Lipinski definition) is 0. The van der Waals surface area contributed by atoms with E-state index in [0.29, 0.717) is 26.4 Å². The van der Waals surface area contributed by atoms with E-state index in [1.54, 1.807) is 0 Å². The Balaban J connectivity index is 1.12. The second kappa shape index (κ2) is 10.3. The van der Waals surface area contributed by atoms with Gasteiger partial charge in [0.05, 0.1) is 26.4 Å². The number of ether oxygens (including phenoxy) is 10. The molecule has 8 aliphatic heterocycles. The Labute approximate surface area is 245 Å². The van der Waals surface area contributed by atoms with E-state index in [4.69, 9.17) is 47.4 Å². The lowest BCUT2D eigenvalue weighted by molar-refractivity contribution is -0.227. The van der Waals surface area contributed by atoms with Gasteiger partial charge in [-0.1, -0.05) is 48.6 Å². The van der Waals surface area contributed by atoms with Crippen LogP contribution in [0.2, 0.25) is 0 Å². The van der Waals surface area contributed by atoms with E-state index in [-0.39, 0.29) is 48.8 Å². The van der Waals surface area contributed by atoms with Crippen molar-refractivity contribution in [2.45, 2.75) is 101 Å². The van der Waals surface area contributed by atoms with Gasteiger partial charge in [0.25, 0.3) is 0 Å². The van der Waals surface area contributed by atoms with Gasteiger partial charge in [0.15, 0.2) is 24.2 Å². The van der Waals surface area contributed by atoms with E-state index in [1.807, 2.05) is 39.8 Å². The molecule has 10 unspecified atom stereocenters. The topological polar surface area (TPSA) is 92.3 Å². The van der Waals surface area contributed by atoms with Gasteiger partial charge in [-0.2, -0.15) is 0 Å². The fraction of sp³-hybridized carbons (Fsp3) is 0.625. The molecular formula is C32H38O10. The van der Waals surface area contributed by atoms with Crippen LogP contribution in [0.4, 0.5) is 0 Å². The fourth-order valence-corrected chi connectivity index (χ4v) is 7.20. The third kappa shape index (κ3) is 4.73. The van der Waals surface area contributed by atoms with E-state index in [2.05, 4.69) is 36.4 Å². The zero-order valence-corrected chi connectivity index (χ0v) is 24.3. The minimum Gasteiger partial charge on any atom is -0.368 e. The summed E-state index contributed by atoms with van der Waals surface area (Å²) in [6.07, 6.45) is 4.19.